The second kappa shape index (κ2) is 5.76. The van der Waals surface area contributed by atoms with Gasteiger partial charge >= 0.3 is 12.4 Å². The van der Waals surface area contributed by atoms with Crippen molar-refractivity contribution in [3.63, 3.8) is 0 Å². The zero-order chi connectivity index (χ0) is 11.1. The van der Waals surface area contributed by atoms with E-state index in [1.165, 1.54) is 0 Å². The maximum absolute atomic E-state index is 11.0. The molecule has 0 atom stereocenters. The molecule has 0 saturated carbocycles. The molecule has 0 aromatic carbocycles. The second-order valence-electron chi connectivity index (χ2n) is 1.52. The highest BCUT2D eigenvalue weighted by atomic mass is 19.4. The van der Waals surface area contributed by atoms with Gasteiger partial charge in [-0.2, -0.15) is 26.3 Å². The average molecular weight is 216 g/mol. The van der Waals surface area contributed by atoms with Gasteiger partial charge in [-0.25, -0.2) is 8.78 Å². The van der Waals surface area contributed by atoms with Crippen LogP contribution < -0.4 is 0 Å². The van der Waals surface area contributed by atoms with E-state index in [4.69, 9.17) is 0 Å². The van der Waals surface area contributed by atoms with Crippen molar-refractivity contribution < 1.29 is 35.1 Å². The molecule has 0 aliphatic carbocycles. The third-order valence-electron chi connectivity index (χ3n) is 0.461. The minimum atomic E-state index is -4.89. The Balaban J connectivity index is 0. The van der Waals surface area contributed by atoms with Crippen molar-refractivity contribution in [2.24, 2.45) is 0 Å². The lowest BCUT2D eigenvalue weighted by molar-refractivity contribution is -0.0981. The highest BCUT2D eigenvalue weighted by molar-refractivity contribution is 4.93. The highest BCUT2D eigenvalue weighted by Gasteiger charge is 2.29. The van der Waals surface area contributed by atoms with Crippen LogP contribution in [0.3, 0.4) is 0 Å². The van der Waals surface area contributed by atoms with Crippen LogP contribution in [-0.2, 0) is 0 Å². The van der Waals surface area contributed by atoms with Crippen molar-refractivity contribution in [1.82, 2.24) is 0 Å². The van der Waals surface area contributed by atoms with Gasteiger partial charge in [0.05, 0.1) is 0 Å². The van der Waals surface area contributed by atoms with Crippen molar-refractivity contribution in [2.75, 3.05) is 6.93 Å². The molecule has 0 bridgehead atoms. The van der Waals surface area contributed by atoms with E-state index in [9.17, 15) is 35.1 Å². The van der Waals surface area contributed by atoms with Gasteiger partial charge < -0.3 is 0 Å². The summed E-state index contributed by atoms with van der Waals surface area (Å²) < 4.78 is 85.2. The van der Waals surface area contributed by atoms with Crippen molar-refractivity contribution in [2.45, 2.75) is 12.4 Å². The fourth-order valence-electron chi connectivity index (χ4n) is 0.189. The number of alkyl halides is 8. The standard InChI is InChI=1S/C4H2F6.CH2F2/c5-3(6,7)1-2-4(8,9)10;2-1-3/h1-2H;1H2/b2-1+;. The minimum absolute atomic E-state index is 0.854. The fourth-order valence-corrected chi connectivity index (χ4v) is 0.189. The molecule has 8 heteroatoms. The predicted octanol–water partition coefficient (Wildman–Crippen LogP) is 3.55. The minimum Gasteiger partial charge on any atom is -0.214 e. The third kappa shape index (κ3) is 24.7. The highest BCUT2D eigenvalue weighted by Crippen LogP contribution is 2.22. The van der Waals surface area contributed by atoms with Gasteiger partial charge in [-0.1, -0.05) is 0 Å². The summed E-state index contributed by atoms with van der Waals surface area (Å²) >= 11 is 0. The van der Waals surface area contributed by atoms with E-state index in [0.717, 1.165) is 0 Å². The van der Waals surface area contributed by atoms with Crippen LogP contribution in [0.4, 0.5) is 35.1 Å². The Hall–Kier alpha value is -0.820. The molecule has 0 spiro atoms. The molecule has 0 radical (unpaired) electrons. The SMILES string of the molecule is FC(F)(F)/C=C/C(F)(F)F.FCF. The Morgan fingerprint density at radius 1 is 0.692 bits per heavy atom. The molecule has 0 saturated heterocycles. The van der Waals surface area contributed by atoms with Gasteiger partial charge in [0.25, 0.3) is 0 Å². The summed E-state index contributed by atoms with van der Waals surface area (Å²) in [6, 6.07) is 0. The molecule has 0 aliphatic heterocycles. The third-order valence-corrected chi connectivity index (χ3v) is 0.461. The Morgan fingerprint density at radius 2 is 0.846 bits per heavy atom. The molecule has 0 rings (SSSR count). The lowest BCUT2D eigenvalue weighted by atomic mass is 10.5. The molecule has 0 amide bonds. The summed E-state index contributed by atoms with van der Waals surface area (Å²) in [6.07, 6.45) is -11.5. The zero-order valence-electron chi connectivity index (χ0n) is 5.89. The van der Waals surface area contributed by atoms with Gasteiger partial charge in [0, 0.05) is 12.2 Å². The summed E-state index contributed by atoms with van der Waals surface area (Å²) in [5, 5.41) is 0. The van der Waals surface area contributed by atoms with Crippen LogP contribution in [-0.4, -0.2) is 19.3 Å². The van der Waals surface area contributed by atoms with E-state index in [-0.39, 0.29) is 0 Å². The number of rotatable bonds is 0. The monoisotopic (exact) mass is 216 g/mol. The summed E-state index contributed by atoms with van der Waals surface area (Å²) in [7, 11) is 0. The topological polar surface area (TPSA) is 0 Å². The molecule has 0 unspecified atom stereocenters. The molecule has 0 aromatic rings. The first-order chi connectivity index (χ1) is 5.62. The van der Waals surface area contributed by atoms with Crippen molar-refractivity contribution in [3.05, 3.63) is 12.2 Å². The molecule has 13 heavy (non-hydrogen) atoms. The van der Waals surface area contributed by atoms with Crippen LogP contribution in [0.2, 0.25) is 0 Å². The van der Waals surface area contributed by atoms with Crippen LogP contribution in [0.15, 0.2) is 12.2 Å². The summed E-state index contributed by atoms with van der Waals surface area (Å²) in [5.41, 5.74) is 0. The van der Waals surface area contributed by atoms with E-state index in [0.29, 0.717) is 0 Å². The molecular formula is C5H4F8. The smallest absolute Gasteiger partial charge is 0.214 e. The van der Waals surface area contributed by atoms with Crippen LogP contribution in [0.5, 0.6) is 0 Å². The Kier molecular flexibility index (Phi) is 6.51. The van der Waals surface area contributed by atoms with Crippen LogP contribution >= 0.6 is 0 Å². The van der Waals surface area contributed by atoms with Crippen molar-refractivity contribution in [3.8, 4) is 0 Å². The maximum Gasteiger partial charge on any atom is 0.409 e. The van der Waals surface area contributed by atoms with Gasteiger partial charge in [0.2, 0.25) is 6.93 Å². The summed E-state index contributed by atoms with van der Waals surface area (Å²) in [6.45, 7) is -1.75. The van der Waals surface area contributed by atoms with E-state index < -0.39 is 31.4 Å². The normalized spacial score (nSPS) is 12.6. The van der Waals surface area contributed by atoms with Gasteiger partial charge in [-0.3, -0.25) is 0 Å². The van der Waals surface area contributed by atoms with Gasteiger partial charge in [-0.15, -0.1) is 0 Å². The van der Waals surface area contributed by atoms with Crippen LogP contribution in [0.25, 0.3) is 0 Å². The number of allylic oxidation sites excluding steroid dienone is 2. The Labute approximate surface area is 67.8 Å². The van der Waals surface area contributed by atoms with Crippen molar-refractivity contribution in [1.29, 1.82) is 0 Å². The number of hydrogen-bond donors (Lipinski definition) is 0. The molecule has 0 heterocycles. The quantitative estimate of drug-likeness (QED) is 0.429. The van der Waals surface area contributed by atoms with Gasteiger partial charge in [0.1, 0.15) is 0 Å². The first-order valence-corrected chi connectivity index (χ1v) is 2.58. The van der Waals surface area contributed by atoms with Crippen LogP contribution in [0, 0.1) is 0 Å². The Bertz CT molecular complexity index is 124. The largest absolute Gasteiger partial charge is 0.409 e. The molecule has 0 fully saturated rings. The summed E-state index contributed by atoms with van der Waals surface area (Å²) in [5.74, 6) is 0. The lowest BCUT2D eigenvalue weighted by Crippen LogP contribution is -2.07. The molecule has 0 aliphatic rings. The van der Waals surface area contributed by atoms with E-state index in [1.807, 2.05) is 0 Å². The van der Waals surface area contributed by atoms with E-state index in [1.54, 1.807) is 0 Å². The predicted molar refractivity (Wildman–Crippen MR) is 28.3 cm³/mol. The second-order valence-corrected chi connectivity index (χ2v) is 1.52. The number of halogens is 8. The first kappa shape index (κ1) is 14.7. The van der Waals surface area contributed by atoms with Crippen molar-refractivity contribution >= 4 is 0 Å². The van der Waals surface area contributed by atoms with Crippen LogP contribution in [0.1, 0.15) is 0 Å². The molecular weight excluding hydrogens is 212 g/mol. The molecule has 0 N–H and O–H groups in total. The van der Waals surface area contributed by atoms with E-state index in [2.05, 4.69) is 0 Å². The van der Waals surface area contributed by atoms with Gasteiger partial charge in [-0.05, 0) is 0 Å². The lowest BCUT2D eigenvalue weighted by Gasteiger charge is -1.99. The Morgan fingerprint density at radius 3 is 0.923 bits per heavy atom. The fraction of sp³-hybridized carbons (Fsp3) is 0.600. The molecule has 80 valence electrons. The molecule has 0 nitrogen and oxygen atoms in total. The van der Waals surface area contributed by atoms with Gasteiger partial charge in [0.15, 0.2) is 0 Å². The maximum atomic E-state index is 11.0. The zero-order valence-corrected chi connectivity index (χ0v) is 5.89. The average Bonchev–Trinajstić information content (AvgIpc) is 1.82. The summed E-state index contributed by atoms with van der Waals surface area (Å²) in [4.78, 5) is 0. The first-order valence-electron chi connectivity index (χ1n) is 2.58. The molecule has 0 aromatic heterocycles. The number of hydrogen-bond acceptors (Lipinski definition) is 0. The van der Waals surface area contributed by atoms with E-state index >= 15 is 0 Å².